The number of aromatic amines is 1. The van der Waals surface area contributed by atoms with Crippen molar-refractivity contribution in [3.8, 4) is 0 Å². The van der Waals surface area contributed by atoms with Crippen LogP contribution in [0, 0.1) is 0 Å². The third-order valence-electron chi connectivity index (χ3n) is 2.44. The second kappa shape index (κ2) is 6.73. The maximum atomic E-state index is 11.8. The van der Waals surface area contributed by atoms with Crippen LogP contribution >= 0.6 is 11.6 Å². The van der Waals surface area contributed by atoms with E-state index in [-0.39, 0.29) is 18.0 Å². The lowest BCUT2D eigenvalue weighted by Crippen LogP contribution is -3.00. The Balaban J connectivity index is 0.00000162. The lowest BCUT2D eigenvalue weighted by molar-refractivity contribution is -0.00000367. The molecule has 1 aromatic heterocycles. The summed E-state index contributed by atoms with van der Waals surface area (Å²) < 4.78 is 0. The SMILES string of the molecule is CCCNCc1nc2cc(Cl)ccc2c(=O)[nH]1.[Cl-]. The summed E-state index contributed by atoms with van der Waals surface area (Å²) in [5, 5.41) is 4.34. The van der Waals surface area contributed by atoms with Crippen LogP contribution in [-0.2, 0) is 6.54 Å². The third-order valence-corrected chi connectivity index (χ3v) is 2.67. The second-order valence-electron chi connectivity index (χ2n) is 3.85. The summed E-state index contributed by atoms with van der Waals surface area (Å²) in [6.45, 7) is 3.55. The van der Waals surface area contributed by atoms with Gasteiger partial charge in [-0.05, 0) is 31.2 Å². The topological polar surface area (TPSA) is 57.8 Å². The highest BCUT2D eigenvalue weighted by Gasteiger charge is 2.03. The zero-order valence-corrected chi connectivity index (χ0v) is 11.5. The van der Waals surface area contributed by atoms with Gasteiger partial charge in [0.2, 0.25) is 0 Å². The number of aromatic nitrogens is 2. The van der Waals surface area contributed by atoms with Crippen LogP contribution in [0.4, 0.5) is 0 Å². The minimum atomic E-state index is -0.125. The van der Waals surface area contributed by atoms with Crippen molar-refractivity contribution in [2.24, 2.45) is 0 Å². The van der Waals surface area contributed by atoms with E-state index in [1.54, 1.807) is 18.2 Å². The van der Waals surface area contributed by atoms with Gasteiger partial charge in [-0.25, -0.2) is 4.98 Å². The number of nitrogens with zero attached hydrogens (tertiary/aromatic N) is 1. The highest BCUT2D eigenvalue weighted by Crippen LogP contribution is 2.14. The molecule has 0 atom stereocenters. The van der Waals surface area contributed by atoms with Crippen molar-refractivity contribution in [3.05, 3.63) is 39.4 Å². The van der Waals surface area contributed by atoms with E-state index in [4.69, 9.17) is 11.6 Å². The summed E-state index contributed by atoms with van der Waals surface area (Å²) in [5.74, 6) is 0.637. The smallest absolute Gasteiger partial charge is 0.258 e. The number of benzene rings is 1. The van der Waals surface area contributed by atoms with Crippen LogP contribution in [0.3, 0.4) is 0 Å². The lowest BCUT2D eigenvalue weighted by atomic mass is 10.2. The Kier molecular flexibility index (Phi) is 5.59. The predicted molar refractivity (Wildman–Crippen MR) is 69.4 cm³/mol. The molecule has 2 aromatic rings. The first-order chi connectivity index (χ1) is 8.20. The number of nitrogens with one attached hydrogen (secondary N) is 2. The fraction of sp³-hybridized carbons (Fsp3) is 0.333. The summed E-state index contributed by atoms with van der Waals surface area (Å²) in [6.07, 6.45) is 1.05. The molecule has 18 heavy (non-hydrogen) atoms. The zero-order valence-electron chi connectivity index (χ0n) is 9.96. The van der Waals surface area contributed by atoms with Crippen molar-refractivity contribution in [2.45, 2.75) is 19.9 Å². The molecule has 4 nitrogen and oxygen atoms in total. The summed E-state index contributed by atoms with van der Waals surface area (Å²) in [6, 6.07) is 5.08. The number of fused-ring (bicyclic) bond motifs is 1. The van der Waals surface area contributed by atoms with Gasteiger partial charge in [0.25, 0.3) is 5.56 Å². The van der Waals surface area contributed by atoms with Gasteiger partial charge in [-0.3, -0.25) is 4.79 Å². The number of hydrogen-bond acceptors (Lipinski definition) is 3. The molecule has 0 unspecified atom stereocenters. The zero-order chi connectivity index (χ0) is 12.3. The normalized spacial score (nSPS) is 10.3. The van der Waals surface area contributed by atoms with Gasteiger partial charge < -0.3 is 22.7 Å². The van der Waals surface area contributed by atoms with Gasteiger partial charge in [0.1, 0.15) is 5.82 Å². The molecule has 2 N–H and O–H groups in total. The molecule has 0 aliphatic carbocycles. The van der Waals surface area contributed by atoms with Crippen molar-refractivity contribution >= 4 is 22.5 Å². The van der Waals surface area contributed by atoms with Crippen molar-refractivity contribution < 1.29 is 12.4 Å². The number of H-pyrrole nitrogens is 1. The van der Waals surface area contributed by atoms with Crippen LogP contribution in [0.2, 0.25) is 5.02 Å². The molecule has 98 valence electrons. The van der Waals surface area contributed by atoms with Gasteiger partial charge in [0.15, 0.2) is 0 Å². The van der Waals surface area contributed by atoms with Crippen LogP contribution in [0.15, 0.2) is 23.0 Å². The highest BCUT2D eigenvalue weighted by molar-refractivity contribution is 6.31. The molecule has 1 heterocycles. The molecule has 1 aromatic carbocycles. The van der Waals surface area contributed by atoms with Crippen LogP contribution in [-0.4, -0.2) is 16.5 Å². The minimum absolute atomic E-state index is 0. The fourth-order valence-electron chi connectivity index (χ4n) is 1.63. The Labute approximate surface area is 116 Å². The fourth-order valence-corrected chi connectivity index (χ4v) is 1.79. The molecule has 0 radical (unpaired) electrons. The number of rotatable bonds is 4. The van der Waals surface area contributed by atoms with Crippen molar-refractivity contribution in [3.63, 3.8) is 0 Å². The van der Waals surface area contributed by atoms with Crippen LogP contribution < -0.4 is 23.3 Å². The average molecular weight is 287 g/mol. The Hall–Kier alpha value is -1.10. The summed E-state index contributed by atoms with van der Waals surface area (Å²) in [4.78, 5) is 18.9. The van der Waals surface area contributed by atoms with E-state index in [0.29, 0.717) is 28.3 Å². The molecule has 0 saturated heterocycles. The molecule has 6 heteroatoms. The quantitative estimate of drug-likeness (QED) is 0.715. The van der Waals surface area contributed by atoms with E-state index in [1.165, 1.54) is 0 Å². The molecule has 0 spiro atoms. The summed E-state index contributed by atoms with van der Waals surface area (Å²) >= 11 is 5.88. The molecular formula is C12H14Cl2N3O-. The van der Waals surface area contributed by atoms with Gasteiger partial charge >= 0.3 is 0 Å². The molecule has 0 aliphatic rings. The van der Waals surface area contributed by atoms with Crippen LogP contribution in [0.5, 0.6) is 0 Å². The highest BCUT2D eigenvalue weighted by atomic mass is 35.5. The molecule has 2 rings (SSSR count). The van der Waals surface area contributed by atoms with Gasteiger partial charge in [-0.15, -0.1) is 0 Å². The van der Waals surface area contributed by atoms with Crippen LogP contribution in [0.1, 0.15) is 19.2 Å². The van der Waals surface area contributed by atoms with Crippen LogP contribution in [0.25, 0.3) is 10.9 Å². The second-order valence-corrected chi connectivity index (χ2v) is 4.29. The van der Waals surface area contributed by atoms with E-state index in [9.17, 15) is 4.79 Å². The van der Waals surface area contributed by atoms with E-state index in [1.807, 2.05) is 0 Å². The van der Waals surface area contributed by atoms with Crippen molar-refractivity contribution in [1.29, 1.82) is 0 Å². The predicted octanol–water partition coefficient (Wildman–Crippen LogP) is -0.920. The third kappa shape index (κ3) is 3.45. The van der Waals surface area contributed by atoms with Gasteiger partial charge in [-0.1, -0.05) is 18.5 Å². The van der Waals surface area contributed by atoms with E-state index in [2.05, 4.69) is 22.2 Å². The van der Waals surface area contributed by atoms with E-state index < -0.39 is 0 Å². The first kappa shape index (κ1) is 15.0. The van der Waals surface area contributed by atoms with Crippen molar-refractivity contribution in [1.82, 2.24) is 15.3 Å². The van der Waals surface area contributed by atoms with Gasteiger partial charge in [0.05, 0.1) is 17.4 Å². The molecule has 0 bridgehead atoms. The molecule has 0 aliphatic heterocycles. The van der Waals surface area contributed by atoms with E-state index >= 15 is 0 Å². The van der Waals surface area contributed by atoms with E-state index in [0.717, 1.165) is 13.0 Å². The average Bonchev–Trinajstić information content (AvgIpc) is 2.28. The molecule has 0 fully saturated rings. The number of halogens is 2. The molecule has 0 amide bonds. The Morgan fingerprint density at radius 3 is 2.94 bits per heavy atom. The Morgan fingerprint density at radius 1 is 1.44 bits per heavy atom. The minimum Gasteiger partial charge on any atom is -1.00 e. The standard InChI is InChI=1S/C12H14ClN3O.ClH/c1-2-5-14-7-11-15-10-6-8(13)3-4-9(10)12(17)16-11;/h3-4,6,14H,2,5,7H2,1H3,(H,15,16,17);1H/p-1. The molecular weight excluding hydrogens is 273 g/mol. The first-order valence-corrected chi connectivity index (χ1v) is 5.97. The molecule has 0 saturated carbocycles. The largest absolute Gasteiger partial charge is 1.00 e. The van der Waals surface area contributed by atoms with Crippen molar-refractivity contribution in [2.75, 3.05) is 6.54 Å². The maximum absolute atomic E-state index is 11.8. The first-order valence-electron chi connectivity index (χ1n) is 5.60. The Morgan fingerprint density at radius 2 is 2.22 bits per heavy atom. The summed E-state index contributed by atoms with van der Waals surface area (Å²) in [5.41, 5.74) is 0.509. The maximum Gasteiger partial charge on any atom is 0.258 e. The Bertz CT molecular complexity index is 583. The van der Waals surface area contributed by atoms with Gasteiger partial charge in [-0.2, -0.15) is 0 Å². The summed E-state index contributed by atoms with van der Waals surface area (Å²) in [7, 11) is 0. The monoisotopic (exact) mass is 286 g/mol. The lowest BCUT2D eigenvalue weighted by Gasteiger charge is -2.04. The van der Waals surface area contributed by atoms with Gasteiger partial charge in [0, 0.05) is 5.02 Å². The number of hydrogen-bond donors (Lipinski definition) is 2.